The Hall–Kier alpha value is -2.08. The fourth-order valence-electron chi connectivity index (χ4n) is 5.30. The molecule has 0 heterocycles. The lowest BCUT2D eigenvalue weighted by molar-refractivity contribution is 0.584. The molecule has 0 saturated carbocycles. The fourth-order valence-corrected chi connectivity index (χ4v) is 5.30. The maximum absolute atomic E-state index is 2.50. The summed E-state index contributed by atoms with van der Waals surface area (Å²) in [7, 11) is 0. The third-order valence-electron chi connectivity index (χ3n) is 6.55. The number of rotatable bonds is 1. The van der Waals surface area contributed by atoms with Gasteiger partial charge in [0.2, 0.25) is 0 Å². The highest BCUT2D eigenvalue weighted by molar-refractivity contribution is 5.81. The maximum atomic E-state index is 2.50. The Balaban J connectivity index is 2.02. The lowest BCUT2D eigenvalue weighted by Crippen LogP contribution is -2.16. The number of hydrogen-bond acceptors (Lipinski definition) is 0. The third-order valence-corrected chi connectivity index (χ3v) is 6.55. The molecule has 0 amide bonds. The minimum absolute atomic E-state index is 0.139. The summed E-state index contributed by atoms with van der Waals surface area (Å²) in [5.41, 5.74) is 13.7. The van der Waals surface area contributed by atoms with Crippen molar-refractivity contribution in [2.75, 3.05) is 0 Å². The van der Waals surface area contributed by atoms with Crippen LogP contribution in [0.3, 0.4) is 0 Å². The molecule has 28 heavy (non-hydrogen) atoms. The first-order valence-electron chi connectivity index (χ1n) is 10.6. The lowest BCUT2D eigenvalue weighted by atomic mass is 9.77. The molecule has 0 N–H and O–H groups in total. The first-order chi connectivity index (χ1) is 13.0. The van der Waals surface area contributed by atoms with Crippen LogP contribution in [0, 0.1) is 13.8 Å². The number of aryl methyl sites for hydroxylation is 1. The van der Waals surface area contributed by atoms with Crippen molar-refractivity contribution < 1.29 is 0 Å². The van der Waals surface area contributed by atoms with Gasteiger partial charge in [-0.1, -0.05) is 84.0 Å². The summed E-state index contributed by atoms with van der Waals surface area (Å²) in [6.07, 6.45) is 10.2. The summed E-state index contributed by atoms with van der Waals surface area (Å²) in [6.45, 7) is 18.6. The van der Waals surface area contributed by atoms with Crippen molar-refractivity contribution in [3.63, 3.8) is 0 Å². The van der Waals surface area contributed by atoms with Gasteiger partial charge >= 0.3 is 0 Å². The lowest BCUT2D eigenvalue weighted by Gasteiger charge is -2.28. The first-order valence-corrected chi connectivity index (χ1v) is 10.6. The smallest absolute Gasteiger partial charge is 0.0210 e. The van der Waals surface area contributed by atoms with Crippen LogP contribution in [0.5, 0.6) is 0 Å². The number of fused-ring (bicyclic) bond motifs is 3. The standard InChI is InChI=1S/C28H34/c1-17-13-20-14-23-22(21(20)15-24(17)27(3,4)5)16-25(28(6,7)8)18(2)26(23)19-11-9-10-12-19/h9-13,15-16,19H,14H2,1-8H3. The van der Waals surface area contributed by atoms with Gasteiger partial charge in [-0.2, -0.15) is 0 Å². The van der Waals surface area contributed by atoms with Gasteiger partial charge in [0.05, 0.1) is 0 Å². The summed E-state index contributed by atoms with van der Waals surface area (Å²) >= 11 is 0. The Kier molecular flexibility index (Phi) is 4.27. The normalized spacial score (nSPS) is 16.0. The molecule has 2 aromatic carbocycles. The summed E-state index contributed by atoms with van der Waals surface area (Å²) in [6, 6.07) is 7.44. The van der Waals surface area contributed by atoms with Crippen LogP contribution in [-0.4, -0.2) is 0 Å². The van der Waals surface area contributed by atoms with Crippen LogP contribution in [0.4, 0.5) is 0 Å². The van der Waals surface area contributed by atoms with Crippen LogP contribution < -0.4 is 0 Å². The van der Waals surface area contributed by atoms with Crippen LogP contribution in [-0.2, 0) is 17.3 Å². The molecule has 0 heteroatoms. The fraction of sp³-hybridized carbons (Fsp3) is 0.429. The minimum Gasteiger partial charge on any atom is -0.0732 e. The zero-order chi connectivity index (χ0) is 20.4. The summed E-state index contributed by atoms with van der Waals surface area (Å²) in [5, 5.41) is 0. The van der Waals surface area contributed by atoms with Gasteiger partial charge in [-0.25, -0.2) is 0 Å². The van der Waals surface area contributed by atoms with E-state index in [1.807, 2.05) is 0 Å². The van der Waals surface area contributed by atoms with Gasteiger partial charge in [0.15, 0.2) is 0 Å². The average Bonchev–Trinajstić information content (AvgIpc) is 3.18. The van der Waals surface area contributed by atoms with Crippen molar-refractivity contribution in [3.8, 4) is 11.1 Å². The molecule has 0 bridgehead atoms. The van der Waals surface area contributed by atoms with E-state index in [-0.39, 0.29) is 10.8 Å². The highest BCUT2D eigenvalue weighted by Gasteiger charge is 2.31. The molecule has 0 aromatic heterocycles. The van der Waals surface area contributed by atoms with Crippen molar-refractivity contribution in [3.05, 3.63) is 81.4 Å². The van der Waals surface area contributed by atoms with Crippen LogP contribution in [0.2, 0.25) is 0 Å². The Bertz CT molecular complexity index is 1000. The second-order valence-electron chi connectivity index (χ2n) is 10.8. The summed E-state index contributed by atoms with van der Waals surface area (Å²) in [5.74, 6) is 0.411. The molecule has 0 atom stereocenters. The molecular weight excluding hydrogens is 336 g/mol. The Morgan fingerprint density at radius 3 is 1.89 bits per heavy atom. The summed E-state index contributed by atoms with van der Waals surface area (Å²) < 4.78 is 0. The Morgan fingerprint density at radius 1 is 0.750 bits per heavy atom. The topological polar surface area (TPSA) is 0 Å². The molecular formula is C28H34. The zero-order valence-electron chi connectivity index (χ0n) is 18.8. The van der Waals surface area contributed by atoms with Crippen molar-refractivity contribution in [1.82, 2.24) is 0 Å². The Morgan fingerprint density at radius 2 is 1.32 bits per heavy atom. The first kappa shape index (κ1) is 19.2. The van der Waals surface area contributed by atoms with Crippen molar-refractivity contribution >= 4 is 0 Å². The molecule has 0 spiro atoms. The molecule has 0 aliphatic heterocycles. The molecule has 0 radical (unpaired) electrons. The predicted octanol–water partition coefficient (Wildman–Crippen LogP) is 7.68. The van der Waals surface area contributed by atoms with E-state index in [9.17, 15) is 0 Å². The maximum Gasteiger partial charge on any atom is 0.0210 e. The Labute approximate surface area is 171 Å². The van der Waals surface area contributed by atoms with Gasteiger partial charge in [-0.15, -0.1) is 0 Å². The third kappa shape index (κ3) is 2.98. The van der Waals surface area contributed by atoms with E-state index in [1.165, 1.54) is 38.9 Å². The molecule has 146 valence electrons. The highest BCUT2D eigenvalue weighted by Crippen LogP contribution is 2.47. The average molecular weight is 371 g/mol. The van der Waals surface area contributed by atoms with E-state index in [0.29, 0.717) is 5.92 Å². The predicted molar refractivity (Wildman–Crippen MR) is 123 cm³/mol. The SMILES string of the molecule is Cc1cc2c(cc1C(C)(C)C)-c1cc(C(C)(C)C)c(C)c(C3C=CC=C3)c1C2. The number of hydrogen-bond donors (Lipinski definition) is 0. The van der Waals surface area contributed by atoms with Crippen LogP contribution in [0.1, 0.15) is 86.4 Å². The van der Waals surface area contributed by atoms with Crippen LogP contribution >= 0.6 is 0 Å². The van der Waals surface area contributed by atoms with E-state index in [0.717, 1.165) is 6.42 Å². The van der Waals surface area contributed by atoms with Crippen molar-refractivity contribution in [1.29, 1.82) is 0 Å². The molecule has 2 aliphatic rings. The summed E-state index contributed by atoms with van der Waals surface area (Å²) in [4.78, 5) is 0. The van der Waals surface area contributed by atoms with Gasteiger partial charge in [0.25, 0.3) is 0 Å². The second kappa shape index (κ2) is 6.21. The van der Waals surface area contributed by atoms with Gasteiger partial charge in [-0.3, -0.25) is 0 Å². The van der Waals surface area contributed by atoms with E-state index in [1.54, 1.807) is 11.1 Å². The molecule has 2 aliphatic carbocycles. The van der Waals surface area contributed by atoms with Gasteiger partial charge in [-0.05, 0) is 81.2 Å². The minimum atomic E-state index is 0.139. The number of benzene rings is 2. The molecule has 0 fully saturated rings. The van der Waals surface area contributed by atoms with Crippen LogP contribution in [0.15, 0.2) is 42.5 Å². The van der Waals surface area contributed by atoms with Crippen LogP contribution in [0.25, 0.3) is 11.1 Å². The number of allylic oxidation sites excluding steroid dienone is 4. The largest absolute Gasteiger partial charge is 0.0732 e. The molecule has 0 nitrogen and oxygen atoms in total. The quantitative estimate of drug-likeness (QED) is 0.412. The highest BCUT2D eigenvalue weighted by atomic mass is 14.3. The van der Waals surface area contributed by atoms with Gasteiger partial charge in [0.1, 0.15) is 0 Å². The molecule has 2 aromatic rings. The molecule has 0 unspecified atom stereocenters. The van der Waals surface area contributed by atoms with Crippen molar-refractivity contribution in [2.24, 2.45) is 0 Å². The van der Waals surface area contributed by atoms with Gasteiger partial charge in [0, 0.05) is 5.92 Å². The molecule has 4 rings (SSSR count). The van der Waals surface area contributed by atoms with E-state index >= 15 is 0 Å². The van der Waals surface area contributed by atoms with E-state index < -0.39 is 0 Å². The van der Waals surface area contributed by atoms with E-state index in [2.05, 4.69) is 97.9 Å². The monoisotopic (exact) mass is 370 g/mol. The van der Waals surface area contributed by atoms with Gasteiger partial charge < -0.3 is 0 Å². The second-order valence-corrected chi connectivity index (χ2v) is 10.8. The zero-order valence-corrected chi connectivity index (χ0v) is 18.8. The van der Waals surface area contributed by atoms with Crippen molar-refractivity contribution in [2.45, 2.75) is 78.6 Å². The molecule has 0 saturated heterocycles. The van der Waals surface area contributed by atoms with E-state index in [4.69, 9.17) is 0 Å².